The first-order valence-corrected chi connectivity index (χ1v) is 11.9. The second-order valence-electron chi connectivity index (χ2n) is 10.8. The Morgan fingerprint density at radius 2 is 1.74 bits per heavy atom. The smallest absolute Gasteiger partial charge is 0.169 e. The van der Waals surface area contributed by atoms with Crippen LogP contribution in [0.4, 0.5) is 0 Å². The molecule has 8 heteroatoms. The van der Waals surface area contributed by atoms with Gasteiger partial charge in [-0.15, -0.1) is 0 Å². The van der Waals surface area contributed by atoms with Gasteiger partial charge in [-0.3, -0.25) is 0 Å². The molecule has 0 aromatic carbocycles. The highest BCUT2D eigenvalue weighted by atomic mass is 16.7. The van der Waals surface area contributed by atoms with Gasteiger partial charge in [-0.05, 0) is 35.1 Å². The van der Waals surface area contributed by atoms with Crippen LogP contribution in [0.1, 0.15) is 67.2 Å². The second-order valence-corrected chi connectivity index (χ2v) is 10.8. The number of aliphatic hydroxyl groups excluding tert-OH is 2. The van der Waals surface area contributed by atoms with Crippen molar-refractivity contribution in [1.29, 1.82) is 0 Å². The average molecular weight is 440 g/mol. The van der Waals surface area contributed by atoms with Gasteiger partial charge in [0.1, 0.15) is 0 Å². The van der Waals surface area contributed by atoms with E-state index in [-0.39, 0.29) is 37.2 Å². The minimum atomic E-state index is -0.885. The van der Waals surface area contributed by atoms with Crippen LogP contribution >= 0.6 is 0 Å². The van der Waals surface area contributed by atoms with Crippen molar-refractivity contribution in [3.63, 3.8) is 0 Å². The van der Waals surface area contributed by atoms with E-state index in [1.807, 2.05) is 0 Å². The van der Waals surface area contributed by atoms with Crippen molar-refractivity contribution in [1.82, 2.24) is 0 Å². The molecular formula is C23H41N3O5. The van der Waals surface area contributed by atoms with E-state index in [4.69, 9.17) is 19.7 Å². The van der Waals surface area contributed by atoms with Crippen LogP contribution in [0.3, 0.4) is 0 Å². The van der Waals surface area contributed by atoms with E-state index in [2.05, 4.69) is 51.6 Å². The van der Waals surface area contributed by atoms with E-state index >= 15 is 0 Å². The summed E-state index contributed by atoms with van der Waals surface area (Å²) in [6.07, 6.45) is 0.175. The molecule has 0 radical (unpaired) electrons. The van der Waals surface area contributed by atoms with Gasteiger partial charge < -0.3 is 24.4 Å². The first-order valence-electron chi connectivity index (χ1n) is 11.9. The van der Waals surface area contributed by atoms with E-state index in [0.717, 1.165) is 12.8 Å². The van der Waals surface area contributed by atoms with Gasteiger partial charge in [-0.2, -0.15) is 0 Å². The first kappa shape index (κ1) is 24.7. The Bertz CT molecular complexity index is 655. The fourth-order valence-corrected chi connectivity index (χ4v) is 6.29. The van der Waals surface area contributed by atoms with Gasteiger partial charge in [-0.1, -0.05) is 46.7 Å². The van der Waals surface area contributed by atoms with Gasteiger partial charge in [0, 0.05) is 30.6 Å². The molecule has 8 nitrogen and oxygen atoms in total. The molecule has 1 spiro atoms. The Labute approximate surface area is 186 Å². The van der Waals surface area contributed by atoms with Gasteiger partial charge in [-0.25, -0.2) is 0 Å². The molecule has 0 aromatic rings. The van der Waals surface area contributed by atoms with E-state index in [1.54, 1.807) is 0 Å². The lowest BCUT2D eigenvalue weighted by Crippen LogP contribution is -2.59. The van der Waals surface area contributed by atoms with Gasteiger partial charge in [0.05, 0.1) is 43.2 Å². The topological polar surface area (TPSA) is 117 Å². The monoisotopic (exact) mass is 439 g/mol. The molecule has 2 N–H and O–H groups in total. The predicted octanol–water partition coefficient (Wildman–Crippen LogP) is 4.04. The molecule has 0 aromatic heterocycles. The van der Waals surface area contributed by atoms with Crippen molar-refractivity contribution in [2.75, 3.05) is 6.54 Å². The van der Waals surface area contributed by atoms with E-state index in [0.29, 0.717) is 30.1 Å². The molecule has 3 fully saturated rings. The number of hydrogen-bond donors (Lipinski definition) is 2. The maximum atomic E-state index is 10.6. The summed E-state index contributed by atoms with van der Waals surface area (Å²) in [5.74, 6) is 1.64. The van der Waals surface area contributed by atoms with Crippen LogP contribution in [-0.4, -0.2) is 59.2 Å². The Morgan fingerprint density at radius 1 is 1.06 bits per heavy atom. The summed E-state index contributed by atoms with van der Waals surface area (Å²) in [6.45, 7) is 13.5. The van der Waals surface area contributed by atoms with Crippen LogP contribution in [0.25, 0.3) is 10.4 Å². The molecule has 178 valence electrons. The summed E-state index contributed by atoms with van der Waals surface area (Å²) in [5.41, 5.74) is 8.40. The second kappa shape index (κ2) is 9.94. The number of ether oxygens (including phenoxy) is 3. The third kappa shape index (κ3) is 5.37. The highest BCUT2D eigenvalue weighted by Crippen LogP contribution is 2.51. The molecule has 10 unspecified atom stereocenters. The number of aliphatic hydroxyl groups is 2. The van der Waals surface area contributed by atoms with E-state index in [9.17, 15) is 10.2 Å². The largest absolute Gasteiger partial charge is 0.393 e. The lowest BCUT2D eigenvalue weighted by Gasteiger charge is -2.54. The molecule has 3 rings (SSSR count). The molecule has 3 aliphatic rings. The zero-order valence-electron chi connectivity index (χ0n) is 19.8. The number of nitrogens with zero attached hydrogens (tertiary/aromatic N) is 3. The molecular weight excluding hydrogens is 398 g/mol. The maximum absolute atomic E-state index is 10.6. The summed E-state index contributed by atoms with van der Waals surface area (Å²) in [6, 6.07) is 0. The summed E-state index contributed by atoms with van der Waals surface area (Å²) in [5, 5.41) is 23.9. The van der Waals surface area contributed by atoms with Crippen LogP contribution < -0.4 is 0 Å². The zero-order chi connectivity index (χ0) is 22.9. The summed E-state index contributed by atoms with van der Waals surface area (Å²) < 4.78 is 19.6. The minimum Gasteiger partial charge on any atom is -0.393 e. The summed E-state index contributed by atoms with van der Waals surface area (Å²) >= 11 is 0. The molecule has 3 heterocycles. The van der Waals surface area contributed by atoms with Gasteiger partial charge in [0.2, 0.25) is 0 Å². The summed E-state index contributed by atoms with van der Waals surface area (Å²) in [7, 11) is 0. The fourth-order valence-electron chi connectivity index (χ4n) is 6.29. The van der Waals surface area contributed by atoms with E-state index in [1.165, 1.54) is 0 Å². The zero-order valence-corrected chi connectivity index (χ0v) is 19.8. The quantitative estimate of drug-likeness (QED) is 0.353. The van der Waals surface area contributed by atoms with Crippen molar-refractivity contribution in [3.05, 3.63) is 10.4 Å². The van der Waals surface area contributed by atoms with Gasteiger partial charge >= 0.3 is 0 Å². The average Bonchev–Trinajstić information content (AvgIpc) is 3.09. The van der Waals surface area contributed by atoms with Crippen molar-refractivity contribution >= 4 is 0 Å². The predicted molar refractivity (Wildman–Crippen MR) is 117 cm³/mol. The van der Waals surface area contributed by atoms with Crippen LogP contribution in [0.2, 0.25) is 0 Å². The standard InChI is InChI=1S/C23H41N3O5/c1-12(2)20-14(5)9-23(31-21(20)13(3)4)10-15(6)22-19(30-23)8-18(29-22)17(28)7-16(27)11-25-26-24/h12-22,27-28H,7-11H2,1-6H3. The molecule has 31 heavy (non-hydrogen) atoms. The molecule has 3 saturated heterocycles. The van der Waals surface area contributed by atoms with Crippen molar-refractivity contribution in [2.45, 2.75) is 110 Å². The molecule has 3 aliphatic heterocycles. The normalized spacial score (nSPS) is 42.5. The Kier molecular flexibility index (Phi) is 7.93. The van der Waals surface area contributed by atoms with Crippen LogP contribution in [0.5, 0.6) is 0 Å². The molecule has 0 saturated carbocycles. The lowest BCUT2D eigenvalue weighted by molar-refractivity contribution is -0.355. The van der Waals surface area contributed by atoms with Crippen molar-refractivity contribution < 1.29 is 24.4 Å². The Balaban J connectivity index is 1.69. The van der Waals surface area contributed by atoms with Crippen molar-refractivity contribution in [3.8, 4) is 0 Å². The third-order valence-electron chi connectivity index (χ3n) is 7.47. The SMILES string of the molecule is CC(C)C1OC2(CC(C)C3OC(C(O)CC(O)CN=[N+]=[N-])CC3O2)CC(C)C1C(C)C. The minimum absolute atomic E-state index is 0.0531. The molecule has 0 aliphatic carbocycles. The van der Waals surface area contributed by atoms with Crippen molar-refractivity contribution in [2.24, 2.45) is 34.7 Å². The van der Waals surface area contributed by atoms with Gasteiger partial charge in [0.15, 0.2) is 5.79 Å². The van der Waals surface area contributed by atoms with Gasteiger partial charge in [0.25, 0.3) is 0 Å². The Morgan fingerprint density at radius 3 is 2.35 bits per heavy atom. The number of rotatable bonds is 7. The molecule has 10 atom stereocenters. The van der Waals surface area contributed by atoms with Crippen LogP contribution in [0, 0.1) is 29.6 Å². The number of azide groups is 1. The van der Waals surface area contributed by atoms with E-state index < -0.39 is 24.1 Å². The summed E-state index contributed by atoms with van der Waals surface area (Å²) in [4.78, 5) is 2.66. The lowest BCUT2D eigenvalue weighted by atomic mass is 9.70. The van der Waals surface area contributed by atoms with Crippen LogP contribution in [0.15, 0.2) is 5.11 Å². The first-order chi connectivity index (χ1) is 14.6. The molecule has 0 amide bonds. The molecule has 0 bridgehead atoms. The Hall–Kier alpha value is -0.890. The number of hydrogen-bond acceptors (Lipinski definition) is 6. The highest BCUT2D eigenvalue weighted by Gasteiger charge is 2.56. The fraction of sp³-hybridized carbons (Fsp3) is 1.00. The highest BCUT2D eigenvalue weighted by molar-refractivity contribution is 5.00. The van der Waals surface area contributed by atoms with Crippen LogP contribution in [-0.2, 0) is 14.2 Å². The third-order valence-corrected chi connectivity index (χ3v) is 7.47. The maximum Gasteiger partial charge on any atom is 0.169 e. The number of fused-ring (bicyclic) bond motifs is 1.